The molecule has 2 aliphatic rings. The van der Waals surface area contributed by atoms with Gasteiger partial charge >= 0.3 is 6.18 Å². The van der Waals surface area contributed by atoms with Crippen molar-refractivity contribution in [1.82, 2.24) is 15.1 Å². The molecular formula is C24H29F3N4O6S. The molecule has 1 aromatic heterocycles. The second-order valence-corrected chi connectivity index (χ2v) is 11.8. The van der Waals surface area contributed by atoms with Crippen LogP contribution >= 0.6 is 0 Å². The molecule has 4 rings (SSSR count). The number of hydrogen-bond acceptors (Lipinski definition) is 7. The Hall–Kier alpha value is -3.13. The Labute approximate surface area is 217 Å². The van der Waals surface area contributed by atoms with Crippen LogP contribution in [0.3, 0.4) is 0 Å². The van der Waals surface area contributed by atoms with E-state index in [1.54, 1.807) is 19.2 Å². The van der Waals surface area contributed by atoms with Gasteiger partial charge in [0.15, 0.2) is 16.4 Å². The van der Waals surface area contributed by atoms with Gasteiger partial charge in [0.05, 0.1) is 11.2 Å². The molecule has 10 nitrogen and oxygen atoms in total. The average molecular weight is 559 g/mol. The number of carbonyl (C=O) groups is 2. The van der Waals surface area contributed by atoms with E-state index in [9.17, 15) is 31.2 Å². The quantitative estimate of drug-likeness (QED) is 0.429. The fourth-order valence-electron chi connectivity index (χ4n) is 4.98. The van der Waals surface area contributed by atoms with Crippen LogP contribution in [-0.2, 0) is 44.3 Å². The molecule has 1 aromatic carbocycles. The van der Waals surface area contributed by atoms with Gasteiger partial charge in [0.2, 0.25) is 5.91 Å². The van der Waals surface area contributed by atoms with Crippen LogP contribution in [0, 0.1) is 0 Å². The minimum atomic E-state index is -4.45. The molecule has 1 aliphatic heterocycles. The van der Waals surface area contributed by atoms with E-state index in [1.165, 1.54) is 10.7 Å². The zero-order chi connectivity index (χ0) is 27.7. The minimum Gasteiger partial charge on any atom is -0.484 e. The van der Waals surface area contributed by atoms with Gasteiger partial charge < -0.3 is 20.1 Å². The Kier molecular flexibility index (Phi) is 7.75. The molecule has 0 bridgehead atoms. The van der Waals surface area contributed by atoms with Crippen molar-refractivity contribution in [3.8, 4) is 5.75 Å². The highest BCUT2D eigenvalue weighted by atomic mass is 32.2. The lowest BCUT2D eigenvalue weighted by Crippen LogP contribution is -2.49. The number of carbonyl (C=O) groups excluding carboxylic acids is 2. The second-order valence-electron chi connectivity index (χ2n) is 9.65. The topological polar surface area (TPSA) is 129 Å². The molecule has 1 spiro atoms. The summed E-state index contributed by atoms with van der Waals surface area (Å²) in [5.74, 6) is -1.77. The highest BCUT2D eigenvalue weighted by Gasteiger charge is 2.46. The largest absolute Gasteiger partial charge is 0.484 e. The minimum absolute atomic E-state index is 0.0946. The average Bonchev–Trinajstić information content (AvgIpc) is 3.31. The summed E-state index contributed by atoms with van der Waals surface area (Å²) in [4.78, 5) is 25.9. The van der Waals surface area contributed by atoms with E-state index in [-0.39, 0.29) is 17.1 Å². The van der Waals surface area contributed by atoms with Crippen molar-refractivity contribution >= 4 is 27.5 Å². The third-order valence-electron chi connectivity index (χ3n) is 6.51. The number of nitrogens with zero attached hydrogens (tertiary/aromatic N) is 2. The van der Waals surface area contributed by atoms with Crippen molar-refractivity contribution in [3.63, 3.8) is 0 Å². The van der Waals surface area contributed by atoms with Gasteiger partial charge in [-0.2, -0.15) is 18.3 Å². The van der Waals surface area contributed by atoms with Crippen molar-refractivity contribution in [1.29, 1.82) is 0 Å². The first-order chi connectivity index (χ1) is 17.8. The van der Waals surface area contributed by atoms with Crippen LogP contribution in [0.2, 0.25) is 0 Å². The molecule has 0 unspecified atom stereocenters. The van der Waals surface area contributed by atoms with Gasteiger partial charge in [0.1, 0.15) is 22.9 Å². The van der Waals surface area contributed by atoms with Crippen molar-refractivity contribution < 1.29 is 40.7 Å². The molecule has 2 heterocycles. The number of fused-ring (bicyclic) bond motifs is 3. The van der Waals surface area contributed by atoms with Crippen molar-refractivity contribution in [2.45, 2.75) is 50.4 Å². The van der Waals surface area contributed by atoms with Crippen LogP contribution in [0.15, 0.2) is 18.2 Å². The fourth-order valence-corrected chi connectivity index (χ4v) is 5.53. The van der Waals surface area contributed by atoms with Crippen LogP contribution < -0.4 is 15.4 Å². The number of sulfone groups is 1. The van der Waals surface area contributed by atoms with Crippen molar-refractivity contribution in [2.24, 2.45) is 0 Å². The van der Waals surface area contributed by atoms with E-state index < -0.39 is 45.7 Å². The fraction of sp³-hybridized carbons (Fsp3) is 0.542. The predicted molar refractivity (Wildman–Crippen MR) is 131 cm³/mol. The predicted octanol–water partition coefficient (Wildman–Crippen LogP) is 2.36. The molecule has 1 aliphatic carbocycles. The number of methoxy groups -OCH3 is 1. The number of nitrogens with one attached hydrogen (secondary N) is 2. The number of aromatic nitrogens is 2. The summed E-state index contributed by atoms with van der Waals surface area (Å²) in [6.45, 7) is -0.514. The number of alkyl halides is 3. The number of benzene rings is 1. The Balaban J connectivity index is 1.63. The normalized spacial score (nSPS) is 18.7. The van der Waals surface area contributed by atoms with Crippen LogP contribution in [0.25, 0.3) is 0 Å². The molecule has 2 amide bonds. The summed E-state index contributed by atoms with van der Waals surface area (Å²) in [6.07, 6.45) is -0.845. The Morgan fingerprint density at radius 3 is 2.74 bits per heavy atom. The summed E-state index contributed by atoms with van der Waals surface area (Å²) in [7, 11) is -2.02. The van der Waals surface area contributed by atoms with Gasteiger partial charge in [-0.1, -0.05) is 6.07 Å². The summed E-state index contributed by atoms with van der Waals surface area (Å²) >= 11 is 0. The number of ether oxygens (including phenoxy) is 2. The van der Waals surface area contributed by atoms with E-state index in [0.717, 1.165) is 17.4 Å². The third kappa shape index (κ3) is 6.29. The van der Waals surface area contributed by atoms with Crippen LogP contribution in [-0.4, -0.2) is 68.5 Å². The maximum absolute atomic E-state index is 13.4. The van der Waals surface area contributed by atoms with Crippen LogP contribution in [0.1, 0.15) is 46.4 Å². The number of unbranched alkanes of at least 4 members (excludes halogenated alkanes) is 1. The Morgan fingerprint density at radius 2 is 2.05 bits per heavy atom. The molecule has 208 valence electrons. The lowest BCUT2D eigenvalue weighted by Gasteiger charge is -2.35. The third-order valence-corrected chi connectivity index (χ3v) is 7.30. The van der Waals surface area contributed by atoms with Crippen molar-refractivity contribution in [2.75, 3.05) is 37.6 Å². The maximum atomic E-state index is 13.4. The van der Waals surface area contributed by atoms with Gasteiger partial charge in [-0.15, -0.1) is 0 Å². The summed E-state index contributed by atoms with van der Waals surface area (Å²) in [5.41, 5.74) is 1.34. The SMILES string of the molecule is COCCCCn1nc2c(c1NC(=O)CS(C)(=O)=O)C(=O)N[C@@]1(CCc3cc(OCC(F)(F)F)ccc31)C2. The van der Waals surface area contributed by atoms with E-state index in [0.29, 0.717) is 50.9 Å². The van der Waals surface area contributed by atoms with Gasteiger partial charge in [0.25, 0.3) is 5.91 Å². The molecule has 1 atom stereocenters. The first-order valence-electron chi connectivity index (χ1n) is 12.0. The summed E-state index contributed by atoms with van der Waals surface area (Å²) < 4.78 is 72.3. The lowest BCUT2D eigenvalue weighted by molar-refractivity contribution is -0.153. The smallest absolute Gasteiger partial charge is 0.422 e. The van der Waals surface area contributed by atoms with E-state index in [1.807, 2.05) is 0 Å². The number of rotatable bonds is 10. The highest BCUT2D eigenvalue weighted by Crippen LogP contribution is 2.44. The van der Waals surface area contributed by atoms with Gasteiger partial charge in [-0.25, -0.2) is 13.1 Å². The molecule has 2 N–H and O–H groups in total. The monoisotopic (exact) mass is 558 g/mol. The summed E-state index contributed by atoms with van der Waals surface area (Å²) in [5, 5.41) is 10.2. The molecule has 0 fully saturated rings. The standard InChI is InChI=1S/C24H29F3N4O6S/c1-36-10-4-3-9-31-21(28-19(32)13-38(2,34)35)20-18(30-31)12-23(29-22(20)33)8-7-15-11-16(5-6-17(15)23)37-14-24(25,26)27/h5-6,11H,3-4,7-10,12-14H2,1-2H3,(H,28,32)(H,29,33)/t23-/m0/s1. The number of amides is 2. The number of halogens is 3. The van der Waals surface area contributed by atoms with Crippen LogP contribution in [0.5, 0.6) is 5.75 Å². The summed E-state index contributed by atoms with van der Waals surface area (Å²) in [6, 6.07) is 4.67. The number of anilines is 1. The molecule has 0 saturated heterocycles. The molecule has 38 heavy (non-hydrogen) atoms. The van der Waals surface area contributed by atoms with Gasteiger partial charge in [0, 0.05) is 32.9 Å². The zero-order valence-electron chi connectivity index (χ0n) is 21.0. The van der Waals surface area contributed by atoms with Crippen molar-refractivity contribution in [3.05, 3.63) is 40.6 Å². The van der Waals surface area contributed by atoms with E-state index in [2.05, 4.69) is 15.7 Å². The van der Waals surface area contributed by atoms with Crippen LogP contribution in [0.4, 0.5) is 19.0 Å². The zero-order valence-corrected chi connectivity index (χ0v) is 21.8. The number of hydrogen-bond donors (Lipinski definition) is 2. The Morgan fingerprint density at radius 1 is 1.29 bits per heavy atom. The molecule has 2 aromatic rings. The van der Waals surface area contributed by atoms with E-state index in [4.69, 9.17) is 9.47 Å². The first kappa shape index (κ1) is 27.9. The molecule has 0 radical (unpaired) electrons. The Bertz CT molecular complexity index is 1340. The lowest BCUT2D eigenvalue weighted by atomic mass is 9.82. The molecule has 14 heteroatoms. The molecular weight excluding hydrogens is 529 g/mol. The van der Waals surface area contributed by atoms with E-state index >= 15 is 0 Å². The molecule has 0 saturated carbocycles. The maximum Gasteiger partial charge on any atom is 0.422 e. The number of aryl methyl sites for hydroxylation is 2. The first-order valence-corrected chi connectivity index (χ1v) is 14.1. The van der Waals surface area contributed by atoms with Gasteiger partial charge in [-0.3, -0.25) is 9.59 Å². The highest BCUT2D eigenvalue weighted by molar-refractivity contribution is 7.91. The van der Waals surface area contributed by atoms with Gasteiger partial charge in [-0.05, 0) is 48.9 Å². The second kappa shape index (κ2) is 10.6.